The molecule has 0 saturated carbocycles. The van der Waals surface area contributed by atoms with Gasteiger partial charge in [-0.3, -0.25) is 0 Å². The Balaban J connectivity index is 2.56. The van der Waals surface area contributed by atoms with E-state index in [1.165, 1.54) is 0 Å². The second kappa shape index (κ2) is 6.25. The standard InChI is InChI=1S/C12H11NO3/c1-3-8-16-12(14)9-13-10-4-6-11(15-2)7-5-10/h1,4-7,9H,8H2,2H3. The zero-order valence-electron chi connectivity index (χ0n) is 8.84. The number of rotatable bonds is 4. The van der Waals surface area contributed by atoms with Gasteiger partial charge >= 0.3 is 5.97 Å². The molecular formula is C12H11NO3. The van der Waals surface area contributed by atoms with Gasteiger partial charge in [-0.25, -0.2) is 9.79 Å². The summed E-state index contributed by atoms with van der Waals surface area (Å²) in [6.07, 6.45) is 6.01. The lowest BCUT2D eigenvalue weighted by atomic mass is 10.3. The number of methoxy groups -OCH3 is 1. The van der Waals surface area contributed by atoms with Crippen molar-refractivity contribution in [2.75, 3.05) is 13.7 Å². The Labute approximate surface area is 93.9 Å². The predicted octanol–water partition coefficient (Wildman–Crippen LogP) is 1.57. The van der Waals surface area contributed by atoms with Crippen molar-refractivity contribution < 1.29 is 14.3 Å². The van der Waals surface area contributed by atoms with E-state index < -0.39 is 5.97 Å². The molecule has 16 heavy (non-hydrogen) atoms. The lowest BCUT2D eigenvalue weighted by Gasteiger charge is -1.98. The van der Waals surface area contributed by atoms with Gasteiger partial charge in [0.05, 0.1) is 12.8 Å². The Morgan fingerprint density at radius 3 is 2.75 bits per heavy atom. The minimum atomic E-state index is -0.561. The van der Waals surface area contributed by atoms with Gasteiger partial charge in [0.1, 0.15) is 12.0 Å². The molecule has 0 atom stereocenters. The summed E-state index contributed by atoms with van der Waals surface area (Å²) in [4.78, 5) is 14.9. The van der Waals surface area contributed by atoms with Gasteiger partial charge < -0.3 is 9.47 Å². The number of benzene rings is 1. The maximum atomic E-state index is 11.0. The van der Waals surface area contributed by atoms with Crippen molar-refractivity contribution in [1.82, 2.24) is 0 Å². The quantitative estimate of drug-likeness (QED) is 0.437. The number of hydrogen-bond donors (Lipinski definition) is 0. The van der Waals surface area contributed by atoms with Crippen LogP contribution in [0.3, 0.4) is 0 Å². The molecule has 0 radical (unpaired) electrons. The van der Waals surface area contributed by atoms with E-state index in [4.69, 9.17) is 11.2 Å². The first-order valence-corrected chi connectivity index (χ1v) is 4.54. The third-order valence-electron chi connectivity index (χ3n) is 1.69. The summed E-state index contributed by atoms with van der Waals surface area (Å²) < 4.78 is 9.59. The minimum absolute atomic E-state index is 0.0481. The molecule has 0 aliphatic rings. The minimum Gasteiger partial charge on any atom is -0.497 e. The molecule has 0 amide bonds. The van der Waals surface area contributed by atoms with Crippen molar-refractivity contribution in [2.45, 2.75) is 0 Å². The highest BCUT2D eigenvalue weighted by molar-refractivity contribution is 6.23. The third-order valence-corrected chi connectivity index (χ3v) is 1.69. The zero-order valence-corrected chi connectivity index (χ0v) is 8.84. The second-order valence-electron chi connectivity index (χ2n) is 2.77. The fourth-order valence-electron chi connectivity index (χ4n) is 0.946. The van der Waals surface area contributed by atoms with Gasteiger partial charge in [0.2, 0.25) is 0 Å². The van der Waals surface area contributed by atoms with Crippen molar-refractivity contribution in [2.24, 2.45) is 4.99 Å². The summed E-state index contributed by atoms with van der Waals surface area (Å²) in [5.74, 6) is 2.36. The highest BCUT2D eigenvalue weighted by atomic mass is 16.5. The SMILES string of the molecule is C#CCOC(=O)C=Nc1ccc(OC)cc1. The van der Waals surface area contributed by atoms with Crippen LogP contribution in [0.15, 0.2) is 29.3 Å². The number of hydrogen-bond acceptors (Lipinski definition) is 4. The molecule has 0 N–H and O–H groups in total. The summed E-state index contributed by atoms with van der Waals surface area (Å²) in [5.41, 5.74) is 0.637. The van der Waals surface area contributed by atoms with E-state index in [0.29, 0.717) is 5.69 Å². The van der Waals surface area contributed by atoms with Crippen LogP contribution in [0.1, 0.15) is 0 Å². The van der Waals surface area contributed by atoms with Gasteiger partial charge in [-0.15, -0.1) is 6.42 Å². The molecular weight excluding hydrogens is 206 g/mol. The van der Waals surface area contributed by atoms with Crippen LogP contribution in [-0.4, -0.2) is 25.9 Å². The molecule has 0 spiro atoms. The Bertz CT molecular complexity index is 415. The van der Waals surface area contributed by atoms with Crippen LogP contribution in [0, 0.1) is 12.3 Å². The van der Waals surface area contributed by atoms with E-state index in [0.717, 1.165) is 12.0 Å². The van der Waals surface area contributed by atoms with Gasteiger partial charge in [0.25, 0.3) is 0 Å². The van der Waals surface area contributed by atoms with Crippen LogP contribution in [0.5, 0.6) is 5.75 Å². The fourth-order valence-corrected chi connectivity index (χ4v) is 0.946. The van der Waals surface area contributed by atoms with Gasteiger partial charge in [0.15, 0.2) is 6.61 Å². The number of carbonyl (C=O) groups excluding carboxylic acids is 1. The van der Waals surface area contributed by atoms with Gasteiger partial charge in [-0.1, -0.05) is 5.92 Å². The molecule has 0 aliphatic heterocycles. The number of aliphatic imine (C=N–C) groups is 1. The highest BCUT2D eigenvalue weighted by Gasteiger charge is 1.96. The predicted molar refractivity (Wildman–Crippen MR) is 60.9 cm³/mol. The number of terminal acetylenes is 1. The van der Waals surface area contributed by atoms with E-state index in [1.807, 2.05) is 0 Å². The molecule has 1 aromatic rings. The summed E-state index contributed by atoms with van der Waals surface area (Å²) in [6.45, 7) is -0.0481. The zero-order chi connectivity index (χ0) is 11.8. The molecule has 4 nitrogen and oxygen atoms in total. The first-order chi connectivity index (χ1) is 7.76. The molecule has 1 rings (SSSR count). The fraction of sp³-hybridized carbons (Fsp3) is 0.167. The second-order valence-corrected chi connectivity index (χ2v) is 2.77. The van der Waals surface area contributed by atoms with Crippen molar-refractivity contribution in [3.63, 3.8) is 0 Å². The maximum Gasteiger partial charge on any atom is 0.350 e. The molecule has 0 aromatic heterocycles. The Morgan fingerprint density at radius 2 is 2.19 bits per heavy atom. The summed E-state index contributed by atoms with van der Waals surface area (Å²) in [6, 6.07) is 6.95. The number of esters is 1. The van der Waals surface area contributed by atoms with Crippen molar-refractivity contribution in [3.05, 3.63) is 24.3 Å². The molecule has 1 aromatic carbocycles. The van der Waals surface area contributed by atoms with Crippen molar-refractivity contribution in [3.8, 4) is 18.1 Å². The van der Waals surface area contributed by atoms with Crippen LogP contribution in [0.4, 0.5) is 5.69 Å². The maximum absolute atomic E-state index is 11.0. The molecule has 82 valence electrons. The van der Waals surface area contributed by atoms with E-state index in [1.54, 1.807) is 31.4 Å². The molecule has 0 heterocycles. The molecule has 4 heteroatoms. The van der Waals surface area contributed by atoms with Crippen LogP contribution in [0.2, 0.25) is 0 Å². The molecule has 0 saturated heterocycles. The number of nitrogens with zero attached hydrogens (tertiary/aromatic N) is 1. The largest absolute Gasteiger partial charge is 0.497 e. The van der Waals surface area contributed by atoms with Crippen molar-refractivity contribution in [1.29, 1.82) is 0 Å². The average molecular weight is 217 g/mol. The van der Waals surface area contributed by atoms with Crippen LogP contribution in [0.25, 0.3) is 0 Å². The Morgan fingerprint density at radius 1 is 1.50 bits per heavy atom. The molecule has 0 fully saturated rings. The average Bonchev–Trinajstić information content (AvgIpc) is 2.34. The van der Waals surface area contributed by atoms with E-state index >= 15 is 0 Å². The summed E-state index contributed by atoms with van der Waals surface area (Å²) >= 11 is 0. The Kier molecular flexibility index (Phi) is 4.61. The van der Waals surface area contributed by atoms with E-state index in [9.17, 15) is 4.79 Å². The summed E-state index contributed by atoms with van der Waals surface area (Å²) in [7, 11) is 1.58. The van der Waals surface area contributed by atoms with Gasteiger partial charge in [-0.2, -0.15) is 0 Å². The smallest absolute Gasteiger partial charge is 0.350 e. The lowest BCUT2D eigenvalue weighted by molar-refractivity contribution is -0.133. The van der Waals surface area contributed by atoms with E-state index in [-0.39, 0.29) is 6.61 Å². The van der Waals surface area contributed by atoms with Crippen LogP contribution >= 0.6 is 0 Å². The van der Waals surface area contributed by atoms with E-state index in [2.05, 4.69) is 15.6 Å². The highest BCUT2D eigenvalue weighted by Crippen LogP contribution is 2.16. The molecule has 0 bridgehead atoms. The first-order valence-electron chi connectivity index (χ1n) is 4.54. The number of ether oxygens (including phenoxy) is 2. The third kappa shape index (κ3) is 3.84. The van der Waals surface area contributed by atoms with Gasteiger partial charge in [-0.05, 0) is 24.3 Å². The topological polar surface area (TPSA) is 47.9 Å². The normalized spacial score (nSPS) is 9.75. The Hall–Kier alpha value is -2.28. The monoisotopic (exact) mass is 217 g/mol. The number of carbonyl (C=O) groups is 1. The summed E-state index contributed by atoms with van der Waals surface area (Å²) in [5, 5.41) is 0. The van der Waals surface area contributed by atoms with Crippen LogP contribution < -0.4 is 4.74 Å². The lowest BCUT2D eigenvalue weighted by Crippen LogP contribution is -2.05. The van der Waals surface area contributed by atoms with Crippen molar-refractivity contribution >= 4 is 17.9 Å². The first kappa shape index (κ1) is 11.8. The van der Waals surface area contributed by atoms with Gasteiger partial charge in [0, 0.05) is 0 Å². The molecule has 0 aliphatic carbocycles. The molecule has 0 unspecified atom stereocenters. The van der Waals surface area contributed by atoms with Crippen LogP contribution in [-0.2, 0) is 9.53 Å².